The van der Waals surface area contributed by atoms with Crippen molar-refractivity contribution >= 4 is 34.5 Å². The van der Waals surface area contributed by atoms with Crippen LogP contribution in [0.2, 0.25) is 0 Å². The maximum absolute atomic E-state index is 12.2. The summed E-state index contributed by atoms with van der Waals surface area (Å²) < 4.78 is 18.3. The molecule has 0 aliphatic rings. The molecular weight excluding hydrogens is 422 g/mol. The molecule has 1 atom stereocenters. The highest BCUT2D eigenvalue weighted by Gasteiger charge is 2.14. The second-order valence-electron chi connectivity index (χ2n) is 6.79. The van der Waals surface area contributed by atoms with Gasteiger partial charge in [-0.05, 0) is 12.1 Å². The summed E-state index contributed by atoms with van der Waals surface area (Å²) in [6, 6.07) is 9.50. The van der Waals surface area contributed by atoms with E-state index < -0.39 is 6.10 Å². The first kappa shape index (κ1) is 22.7. The first-order valence-corrected chi connectivity index (χ1v) is 10.6. The van der Waals surface area contributed by atoms with Gasteiger partial charge in [-0.25, -0.2) is 0 Å². The molecule has 1 aromatic carbocycles. The molecule has 11 heteroatoms. The van der Waals surface area contributed by atoms with Gasteiger partial charge in [0.05, 0.1) is 25.3 Å². The van der Waals surface area contributed by atoms with Gasteiger partial charge >= 0.3 is 5.97 Å². The standard InChI is InChI=1S/C20H25N5O5S/c1-29-18(27)7-6-16-20(25-31-24-16)30-12-14(26)11-21-8-9-22-19(28)17-10-13-4-2-3-5-15(13)23-17/h2-5,10,14,21,23,26H,6-9,11-12H2,1H3,(H,22,28). The minimum atomic E-state index is -0.764. The zero-order chi connectivity index (χ0) is 22.1. The zero-order valence-electron chi connectivity index (χ0n) is 17.1. The molecule has 0 fully saturated rings. The number of aromatic amines is 1. The lowest BCUT2D eigenvalue weighted by molar-refractivity contribution is -0.140. The van der Waals surface area contributed by atoms with Crippen LogP contribution < -0.4 is 15.4 Å². The van der Waals surface area contributed by atoms with Crippen LogP contribution in [0.3, 0.4) is 0 Å². The average Bonchev–Trinajstić information content (AvgIpc) is 3.42. The van der Waals surface area contributed by atoms with Crippen molar-refractivity contribution in [3.8, 4) is 5.88 Å². The van der Waals surface area contributed by atoms with Crippen molar-refractivity contribution < 1.29 is 24.2 Å². The van der Waals surface area contributed by atoms with E-state index in [4.69, 9.17) is 4.74 Å². The highest BCUT2D eigenvalue weighted by Crippen LogP contribution is 2.17. The van der Waals surface area contributed by atoms with Crippen LogP contribution in [0.5, 0.6) is 5.88 Å². The van der Waals surface area contributed by atoms with Crippen LogP contribution in [0.1, 0.15) is 22.6 Å². The van der Waals surface area contributed by atoms with Gasteiger partial charge in [-0.15, -0.1) is 4.37 Å². The van der Waals surface area contributed by atoms with Gasteiger partial charge in [0.2, 0.25) is 5.88 Å². The fraction of sp³-hybridized carbons (Fsp3) is 0.400. The number of rotatable bonds is 12. The van der Waals surface area contributed by atoms with Crippen molar-refractivity contribution in [2.75, 3.05) is 33.4 Å². The van der Waals surface area contributed by atoms with E-state index in [1.54, 1.807) is 0 Å². The van der Waals surface area contributed by atoms with E-state index in [1.165, 1.54) is 7.11 Å². The Morgan fingerprint density at radius 1 is 1.26 bits per heavy atom. The van der Waals surface area contributed by atoms with Crippen LogP contribution in [0.4, 0.5) is 0 Å². The Balaban J connectivity index is 1.31. The Bertz CT molecular complexity index is 972. The summed E-state index contributed by atoms with van der Waals surface area (Å²) >= 11 is 0.986. The Hall–Kier alpha value is -3.02. The Labute approximate surface area is 183 Å². The molecule has 2 aromatic heterocycles. The highest BCUT2D eigenvalue weighted by molar-refractivity contribution is 6.99. The number of hydrogen-bond donors (Lipinski definition) is 4. The second-order valence-corrected chi connectivity index (χ2v) is 7.32. The lowest BCUT2D eigenvalue weighted by Gasteiger charge is -2.12. The maximum Gasteiger partial charge on any atom is 0.305 e. The molecule has 0 bridgehead atoms. The molecule has 4 N–H and O–H groups in total. The number of esters is 1. The van der Waals surface area contributed by atoms with Crippen LogP contribution in [0.15, 0.2) is 30.3 Å². The van der Waals surface area contributed by atoms with Gasteiger partial charge in [-0.2, -0.15) is 4.37 Å². The van der Waals surface area contributed by atoms with Crippen molar-refractivity contribution in [1.82, 2.24) is 24.4 Å². The summed E-state index contributed by atoms with van der Waals surface area (Å²) in [5.41, 5.74) is 1.99. The lowest BCUT2D eigenvalue weighted by Crippen LogP contribution is -2.37. The molecule has 0 spiro atoms. The van der Waals surface area contributed by atoms with Crippen molar-refractivity contribution in [3.05, 3.63) is 41.7 Å². The number of aliphatic hydroxyl groups is 1. The minimum absolute atomic E-state index is 0.0328. The van der Waals surface area contributed by atoms with Gasteiger partial charge in [0, 0.05) is 37.0 Å². The predicted octanol–water partition coefficient (Wildman–Crippen LogP) is 0.884. The number of carbonyl (C=O) groups excluding carboxylic acids is 2. The third-order valence-electron chi connectivity index (χ3n) is 4.47. The number of amides is 1. The van der Waals surface area contributed by atoms with E-state index in [0.29, 0.717) is 36.8 Å². The number of methoxy groups -OCH3 is 1. The highest BCUT2D eigenvalue weighted by atomic mass is 32.1. The number of H-pyrrole nitrogens is 1. The van der Waals surface area contributed by atoms with Crippen molar-refractivity contribution in [2.45, 2.75) is 18.9 Å². The van der Waals surface area contributed by atoms with Crippen molar-refractivity contribution in [3.63, 3.8) is 0 Å². The topological polar surface area (TPSA) is 138 Å². The molecule has 1 amide bonds. The molecule has 3 aromatic rings. The number of aryl methyl sites for hydroxylation is 1. The van der Waals surface area contributed by atoms with Gasteiger partial charge in [0.1, 0.15) is 24.1 Å². The van der Waals surface area contributed by atoms with Crippen molar-refractivity contribution in [1.29, 1.82) is 0 Å². The number of nitrogens with one attached hydrogen (secondary N) is 3. The Kier molecular flexibility index (Phi) is 8.33. The number of fused-ring (bicyclic) bond motifs is 1. The number of nitrogens with zero attached hydrogens (tertiary/aromatic N) is 2. The monoisotopic (exact) mass is 447 g/mol. The van der Waals surface area contributed by atoms with E-state index in [1.807, 2.05) is 30.3 Å². The molecule has 3 rings (SSSR count). The maximum atomic E-state index is 12.2. The molecule has 1 unspecified atom stereocenters. The summed E-state index contributed by atoms with van der Waals surface area (Å²) in [6.07, 6.45) is -0.213. The largest absolute Gasteiger partial charge is 0.473 e. The molecule has 0 radical (unpaired) electrons. The Morgan fingerprint density at radius 3 is 2.90 bits per heavy atom. The smallest absolute Gasteiger partial charge is 0.305 e. The van der Waals surface area contributed by atoms with Crippen LogP contribution in [-0.4, -0.2) is 70.2 Å². The molecule has 0 aliphatic heterocycles. The fourth-order valence-electron chi connectivity index (χ4n) is 2.84. The van der Waals surface area contributed by atoms with Gasteiger partial charge in [0.15, 0.2) is 0 Å². The van der Waals surface area contributed by atoms with Crippen LogP contribution in [-0.2, 0) is 16.0 Å². The number of para-hydroxylation sites is 1. The molecule has 10 nitrogen and oxygen atoms in total. The molecule has 0 saturated heterocycles. The number of aliphatic hydroxyl groups excluding tert-OH is 1. The summed E-state index contributed by atoms with van der Waals surface area (Å²) in [6.45, 7) is 1.23. The second kappa shape index (κ2) is 11.4. The number of benzene rings is 1. The molecule has 166 valence electrons. The van der Waals surface area contributed by atoms with Gasteiger partial charge < -0.3 is 30.2 Å². The van der Waals surface area contributed by atoms with E-state index >= 15 is 0 Å². The third-order valence-corrected chi connectivity index (χ3v) is 5.02. The number of ether oxygens (including phenoxy) is 2. The average molecular weight is 448 g/mol. The van der Waals surface area contributed by atoms with E-state index in [2.05, 4.69) is 29.1 Å². The predicted molar refractivity (Wildman–Crippen MR) is 115 cm³/mol. The van der Waals surface area contributed by atoms with Crippen molar-refractivity contribution in [2.24, 2.45) is 0 Å². The van der Waals surface area contributed by atoms with E-state index in [-0.39, 0.29) is 31.4 Å². The zero-order valence-corrected chi connectivity index (χ0v) is 17.9. The first-order chi connectivity index (χ1) is 15.1. The van der Waals surface area contributed by atoms with Gasteiger partial charge in [-0.1, -0.05) is 18.2 Å². The summed E-state index contributed by atoms with van der Waals surface area (Å²) in [5, 5.41) is 16.9. The van der Waals surface area contributed by atoms with Crippen LogP contribution in [0, 0.1) is 0 Å². The van der Waals surface area contributed by atoms with Crippen LogP contribution >= 0.6 is 11.7 Å². The Morgan fingerprint density at radius 2 is 2.10 bits per heavy atom. The molecule has 31 heavy (non-hydrogen) atoms. The SMILES string of the molecule is COC(=O)CCc1nsnc1OCC(O)CNCCNC(=O)c1cc2ccccc2[nH]1. The minimum Gasteiger partial charge on any atom is -0.473 e. The molecular formula is C20H25N5O5S. The van der Waals surface area contributed by atoms with E-state index in [0.717, 1.165) is 22.6 Å². The first-order valence-electron chi connectivity index (χ1n) is 9.82. The molecule has 0 aliphatic carbocycles. The molecule has 0 saturated carbocycles. The van der Waals surface area contributed by atoms with E-state index in [9.17, 15) is 14.7 Å². The van der Waals surface area contributed by atoms with Gasteiger partial charge in [-0.3, -0.25) is 9.59 Å². The number of aromatic nitrogens is 3. The number of hydrogen-bond acceptors (Lipinski definition) is 9. The molecule has 2 heterocycles. The fourth-order valence-corrected chi connectivity index (χ4v) is 3.38. The van der Waals surface area contributed by atoms with Gasteiger partial charge in [0.25, 0.3) is 5.91 Å². The number of carbonyl (C=O) groups is 2. The normalized spacial score (nSPS) is 11.9. The summed E-state index contributed by atoms with van der Waals surface area (Å²) in [4.78, 5) is 26.5. The summed E-state index contributed by atoms with van der Waals surface area (Å²) in [7, 11) is 1.33. The third kappa shape index (κ3) is 6.74. The summed E-state index contributed by atoms with van der Waals surface area (Å²) in [5.74, 6) is -0.198. The van der Waals surface area contributed by atoms with Crippen LogP contribution in [0.25, 0.3) is 10.9 Å². The quantitative estimate of drug-likeness (QED) is 0.237. The lowest BCUT2D eigenvalue weighted by atomic mass is 10.2.